The van der Waals surface area contributed by atoms with Crippen molar-refractivity contribution in [1.29, 1.82) is 0 Å². The third-order valence-electron chi connectivity index (χ3n) is 4.23. The summed E-state index contributed by atoms with van der Waals surface area (Å²) in [7, 11) is 0. The fraction of sp³-hybridized carbons (Fsp3) is 0.529. The van der Waals surface area contributed by atoms with E-state index in [0.717, 1.165) is 42.8 Å². The van der Waals surface area contributed by atoms with Crippen molar-refractivity contribution < 1.29 is 4.74 Å². The first-order chi connectivity index (χ1) is 10.7. The lowest BCUT2D eigenvalue weighted by Crippen LogP contribution is -2.32. The zero-order chi connectivity index (χ0) is 15.5. The Bertz CT molecular complexity index is 652. The molecule has 2 N–H and O–H groups in total. The first-order valence-electron chi connectivity index (χ1n) is 8.02. The van der Waals surface area contributed by atoms with Crippen LogP contribution in [0.3, 0.4) is 0 Å². The van der Waals surface area contributed by atoms with Crippen LogP contribution in [0.1, 0.15) is 31.2 Å². The Morgan fingerprint density at radius 3 is 2.95 bits per heavy atom. The van der Waals surface area contributed by atoms with Crippen LogP contribution in [0.25, 0.3) is 10.9 Å². The number of nitrogen functional groups attached to an aromatic ring is 1. The molecule has 2 heterocycles. The number of likely N-dealkylation sites (N-methyl/N-ethyl adjacent to an activating group) is 1. The number of hydrogen-bond donors (Lipinski definition) is 1. The highest BCUT2D eigenvalue weighted by molar-refractivity contribution is 5.88. The first kappa shape index (κ1) is 15.2. The molecule has 0 radical (unpaired) electrons. The Hall–Kier alpha value is -1.72. The van der Waals surface area contributed by atoms with Crippen molar-refractivity contribution in [2.45, 2.75) is 39.3 Å². The number of benzene rings is 1. The van der Waals surface area contributed by atoms with Crippen molar-refractivity contribution in [3.05, 3.63) is 29.6 Å². The van der Waals surface area contributed by atoms with E-state index >= 15 is 0 Å². The lowest BCUT2D eigenvalue weighted by Gasteiger charge is -2.23. The van der Waals surface area contributed by atoms with E-state index in [4.69, 9.17) is 10.5 Å². The number of aromatic nitrogens is 2. The molecule has 1 aliphatic heterocycles. The van der Waals surface area contributed by atoms with Gasteiger partial charge in [-0.1, -0.05) is 18.6 Å². The van der Waals surface area contributed by atoms with Gasteiger partial charge in [0.2, 0.25) is 0 Å². The average molecular weight is 300 g/mol. The lowest BCUT2D eigenvalue weighted by molar-refractivity contribution is 0.0717. The molecule has 3 rings (SSSR count). The summed E-state index contributed by atoms with van der Waals surface area (Å²) in [6.45, 7) is 7.70. The van der Waals surface area contributed by atoms with Gasteiger partial charge >= 0.3 is 0 Å². The summed E-state index contributed by atoms with van der Waals surface area (Å²) in [6.07, 6.45) is 2.66. The van der Waals surface area contributed by atoms with Gasteiger partial charge in [-0.2, -0.15) is 0 Å². The molecule has 1 atom stereocenters. The minimum absolute atomic E-state index is 0.348. The second-order valence-electron chi connectivity index (χ2n) is 6.01. The van der Waals surface area contributed by atoms with E-state index in [-0.39, 0.29) is 0 Å². The number of hydrogen-bond acceptors (Lipinski definition) is 5. The van der Waals surface area contributed by atoms with E-state index in [9.17, 15) is 0 Å². The number of nitrogens with two attached hydrogens (primary N) is 1. The minimum Gasteiger partial charge on any atom is -0.383 e. The molecular weight excluding hydrogens is 276 g/mol. The van der Waals surface area contributed by atoms with Gasteiger partial charge in [-0.05, 0) is 38.4 Å². The summed E-state index contributed by atoms with van der Waals surface area (Å²) in [6, 6.07) is 6.11. The minimum atomic E-state index is 0.348. The second-order valence-corrected chi connectivity index (χ2v) is 6.01. The summed E-state index contributed by atoms with van der Waals surface area (Å²) in [5, 5.41) is 0.936. The maximum Gasteiger partial charge on any atom is 0.145 e. The molecule has 0 bridgehead atoms. The average Bonchev–Trinajstić information content (AvgIpc) is 3.00. The highest BCUT2D eigenvalue weighted by Gasteiger charge is 2.19. The maximum absolute atomic E-state index is 6.11. The summed E-state index contributed by atoms with van der Waals surface area (Å²) in [5.41, 5.74) is 8.20. The molecule has 1 saturated heterocycles. The number of nitrogens with zero attached hydrogens (tertiary/aromatic N) is 3. The van der Waals surface area contributed by atoms with Gasteiger partial charge in [-0.15, -0.1) is 0 Å². The quantitative estimate of drug-likeness (QED) is 0.919. The van der Waals surface area contributed by atoms with Gasteiger partial charge in [0.05, 0.1) is 18.2 Å². The Morgan fingerprint density at radius 2 is 2.23 bits per heavy atom. The topological polar surface area (TPSA) is 64.3 Å². The molecule has 22 heavy (non-hydrogen) atoms. The molecule has 5 nitrogen and oxygen atoms in total. The van der Waals surface area contributed by atoms with Crippen molar-refractivity contribution in [2.24, 2.45) is 0 Å². The predicted molar refractivity (Wildman–Crippen MR) is 88.6 cm³/mol. The fourth-order valence-corrected chi connectivity index (χ4v) is 2.97. The van der Waals surface area contributed by atoms with Crippen LogP contribution in [0.2, 0.25) is 0 Å². The van der Waals surface area contributed by atoms with Gasteiger partial charge in [0.1, 0.15) is 11.6 Å². The third-order valence-corrected chi connectivity index (χ3v) is 4.23. The highest BCUT2D eigenvalue weighted by Crippen LogP contribution is 2.20. The normalized spacial score (nSPS) is 18.4. The van der Waals surface area contributed by atoms with E-state index in [1.54, 1.807) is 0 Å². The molecule has 0 aliphatic carbocycles. The highest BCUT2D eigenvalue weighted by atomic mass is 16.5. The van der Waals surface area contributed by atoms with Crippen molar-refractivity contribution in [2.75, 3.05) is 25.4 Å². The van der Waals surface area contributed by atoms with Crippen LogP contribution in [0.5, 0.6) is 0 Å². The molecule has 2 aromatic rings. The Labute approximate surface area is 131 Å². The molecule has 1 unspecified atom stereocenters. The Balaban J connectivity index is 1.78. The number of ether oxygens (including phenoxy) is 1. The van der Waals surface area contributed by atoms with E-state index in [1.807, 2.05) is 19.1 Å². The molecule has 1 aromatic carbocycles. The van der Waals surface area contributed by atoms with Crippen molar-refractivity contribution in [3.8, 4) is 0 Å². The molecule has 1 aliphatic rings. The van der Waals surface area contributed by atoms with Crippen LogP contribution in [0.4, 0.5) is 5.82 Å². The number of fused-ring (bicyclic) bond motifs is 1. The number of rotatable bonds is 5. The molecule has 0 spiro atoms. The van der Waals surface area contributed by atoms with E-state index < -0.39 is 0 Å². The standard InChI is InChI=1S/C17H24N4O/c1-3-21(10-13-5-4-8-22-13)11-16-19-15-7-6-12(2)9-14(15)17(18)20-16/h6-7,9,13H,3-5,8,10-11H2,1-2H3,(H2,18,19,20). The van der Waals surface area contributed by atoms with Crippen LogP contribution in [-0.4, -0.2) is 40.7 Å². The summed E-state index contributed by atoms with van der Waals surface area (Å²) in [5.74, 6) is 1.35. The van der Waals surface area contributed by atoms with Crippen LogP contribution in [-0.2, 0) is 11.3 Å². The Kier molecular flexibility index (Phi) is 4.55. The maximum atomic E-state index is 6.11. The predicted octanol–water partition coefficient (Wildman–Crippen LogP) is 2.52. The number of anilines is 1. The summed E-state index contributed by atoms with van der Waals surface area (Å²) in [4.78, 5) is 11.5. The molecule has 118 valence electrons. The first-order valence-corrected chi connectivity index (χ1v) is 8.02. The molecule has 0 saturated carbocycles. The van der Waals surface area contributed by atoms with E-state index in [1.165, 1.54) is 12.0 Å². The van der Waals surface area contributed by atoms with Crippen molar-refractivity contribution in [1.82, 2.24) is 14.9 Å². The van der Waals surface area contributed by atoms with Crippen LogP contribution in [0.15, 0.2) is 18.2 Å². The molecule has 1 aromatic heterocycles. The monoisotopic (exact) mass is 300 g/mol. The smallest absolute Gasteiger partial charge is 0.145 e. The van der Waals surface area contributed by atoms with Crippen LogP contribution < -0.4 is 5.73 Å². The summed E-state index contributed by atoms with van der Waals surface area (Å²) >= 11 is 0. The molecular formula is C17H24N4O. The Morgan fingerprint density at radius 1 is 1.36 bits per heavy atom. The number of aryl methyl sites for hydroxylation is 1. The third kappa shape index (κ3) is 3.36. The lowest BCUT2D eigenvalue weighted by atomic mass is 10.1. The van der Waals surface area contributed by atoms with Crippen molar-refractivity contribution >= 4 is 16.7 Å². The van der Waals surface area contributed by atoms with Gasteiger partial charge < -0.3 is 10.5 Å². The van der Waals surface area contributed by atoms with Gasteiger partial charge in [0.25, 0.3) is 0 Å². The van der Waals surface area contributed by atoms with Gasteiger partial charge in [0.15, 0.2) is 0 Å². The van der Waals surface area contributed by atoms with Crippen LogP contribution in [0, 0.1) is 6.92 Å². The largest absolute Gasteiger partial charge is 0.383 e. The van der Waals surface area contributed by atoms with Gasteiger partial charge in [0, 0.05) is 18.5 Å². The molecule has 1 fully saturated rings. The second kappa shape index (κ2) is 6.58. The van der Waals surface area contributed by atoms with Gasteiger partial charge in [-0.3, -0.25) is 4.90 Å². The molecule has 0 amide bonds. The van der Waals surface area contributed by atoms with Crippen molar-refractivity contribution in [3.63, 3.8) is 0 Å². The van der Waals surface area contributed by atoms with Crippen LogP contribution >= 0.6 is 0 Å². The molecule has 5 heteroatoms. The van der Waals surface area contributed by atoms with E-state index in [2.05, 4.69) is 27.9 Å². The van der Waals surface area contributed by atoms with E-state index in [0.29, 0.717) is 18.5 Å². The summed E-state index contributed by atoms with van der Waals surface area (Å²) < 4.78 is 5.72. The van der Waals surface area contributed by atoms with Gasteiger partial charge in [-0.25, -0.2) is 9.97 Å². The SMILES string of the molecule is CCN(Cc1nc(N)c2cc(C)ccc2n1)CC1CCCO1. The fourth-order valence-electron chi connectivity index (χ4n) is 2.97. The zero-order valence-corrected chi connectivity index (χ0v) is 13.4. The zero-order valence-electron chi connectivity index (χ0n) is 13.4.